The summed E-state index contributed by atoms with van der Waals surface area (Å²) in [4.78, 5) is 0. The van der Waals surface area contributed by atoms with Crippen LogP contribution in [0.2, 0.25) is 0 Å². The van der Waals surface area contributed by atoms with Gasteiger partial charge in [-0.1, -0.05) is 0 Å². The SMILES string of the molecule is [CH2]C[N+]1(C)CCOCC1. The third kappa shape index (κ3) is 1.66. The van der Waals surface area contributed by atoms with Crippen LogP contribution in [-0.4, -0.2) is 44.4 Å². The van der Waals surface area contributed by atoms with Crippen molar-refractivity contribution in [2.75, 3.05) is 39.9 Å². The predicted octanol–water partition coefficient (Wildman–Crippen LogP) is 0.297. The Bertz CT molecular complexity index is 86.9. The van der Waals surface area contributed by atoms with Crippen LogP contribution in [0.1, 0.15) is 0 Å². The summed E-state index contributed by atoms with van der Waals surface area (Å²) in [6.07, 6.45) is 0. The van der Waals surface area contributed by atoms with Gasteiger partial charge in [-0.3, -0.25) is 0 Å². The van der Waals surface area contributed by atoms with E-state index in [2.05, 4.69) is 14.0 Å². The first-order valence-electron chi connectivity index (χ1n) is 3.47. The van der Waals surface area contributed by atoms with Gasteiger partial charge in [-0.2, -0.15) is 0 Å². The third-order valence-electron chi connectivity index (χ3n) is 2.09. The minimum Gasteiger partial charge on any atom is -0.370 e. The predicted molar refractivity (Wildman–Crippen MR) is 37.0 cm³/mol. The molecule has 2 nitrogen and oxygen atoms in total. The minimum atomic E-state index is 0.909. The zero-order chi connectivity index (χ0) is 6.74. The fourth-order valence-corrected chi connectivity index (χ4v) is 1.01. The Kier molecular flexibility index (Phi) is 2.09. The standard InChI is InChI=1S/C7H15NO/c1-3-8(2)4-6-9-7-5-8/h1,3-7H2,2H3/q+1. The van der Waals surface area contributed by atoms with Gasteiger partial charge in [0.05, 0.1) is 26.8 Å². The number of morpholine rings is 1. The second-order valence-electron chi connectivity index (χ2n) is 2.90. The maximum atomic E-state index is 5.22. The van der Waals surface area contributed by atoms with Crippen molar-refractivity contribution in [2.45, 2.75) is 0 Å². The molecular weight excluding hydrogens is 114 g/mol. The van der Waals surface area contributed by atoms with Gasteiger partial charge in [0.2, 0.25) is 0 Å². The van der Waals surface area contributed by atoms with Gasteiger partial charge < -0.3 is 9.22 Å². The quantitative estimate of drug-likeness (QED) is 0.463. The lowest BCUT2D eigenvalue weighted by atomic mass is 10.3. The minimum absolute atomic E-state index is 0.909. The molecule has 0 aromatic carbocycles. The molecule has 0 atom stereocenters. The van der Waals surface area contributed by atoms with Crippen LogP contribution in [0.4, 0.5) is 0 Å². The van der Waals surface area contributed by atoms with E-state index in [9.17, 15) is 0 Å². The van der Waals surface area contributed by atoms with E-state index in [1.165, 1.54) is 0 Å². The number of nitrogens with zero attached hydrogens (tertiary/aromatic N) is 1. The Balaban J connectivity index is 2.37. The van der Waals surface area contributed by atoms with E-state index in [-0.39, 0.29) is 0 Å². The first kappa shape index (κ1) is 7.03. The first-order valence-corrected chi connectivity index (χ1v) is 3.47. The Labute approximate surface area is 57.0 Å². The molecule has 1 heterocycles. The summed E-state index contributed by atoms with van der Waals surface area (Å²) in [5.74, 6) is 0. The largest absolute Gasteiger partial charge is 0.370 e. The van der Waals surface area contributed by atoms with Crippen LogP contribution in [0.3, 0.4) is 0 Å². The second-order valence-corrected chi connectivity index (χ2v) is 2.90. The average molecular weight is 129 g/mol. The van der Waals surface area contributed by atoms with Gasteiger partial charge in [0.1, 0.15) is 13.1 Å². The van der Waals surface area contributed by atoms with Crippen LogP contribution in [0.5, 0.6) is 0 Å². The van der Waals surface area contributed by atoms with Crippen molar-refractivity contribution in [3.05, 3.63) is 6.92 Å². The second kappa shape index (κ2) is 2.67. The van der Waals surface area contributed by atoms with E-state index >= 15 is 0 Å². The molecule has 0 saturated carbocycles. The van der Waals surface area contributed by atoms with Crippen molar-refractivity contribution in [2.24, 2.45) is 0 Å². The van der Waals surface area contributed by atoms with Crippen molar-refractivity contribution in [1.29, 1.82) is 0 Å². The number of hydrogen-bond donors (Lipinski definition) is 0. The van der Waals surface area contributed by atoms with E-state index in [0.717, 1.165) is 37.3 Å². The summed E-state index contributed by atoms with van der Waals surface area (Å²) in [6.45, 7) is 8.96. The highest BCUT2D eigenvalue weighted by atomic mass is 16.5. The molecule has 1 fully saturated rings. The molecule has 0 amide bonds. The molecule has 0 aromatic heterocycles. The third-order valence-corrected chi connectivity index (χ3v) is 2.09. The maximum absolute atomic E-state index is 5.22. The number of ether oxygens (including phenoxy) is 1. The van der Waals surface area contributed by atoms with Gasteiger partial charge in [-0.05, 0) is 0 Å². The van der Waals surface area contributed by atoms with Crippen molar-refractivity contribution in [3.63, 3.8) is 0 Å². The van der Waals surface area contributed by atoms with Crippen molar-refractivity contribution in [3.8, 4) is 0 Å². The Morgan fingerprint density at radius 1 is 1.44 bits per heavy atom. The highest BCUT2D eigenvalue weighted by molar-refractivity contribution is 4.46. The van der Waals surface area contributed by atoms with Crippen LogP contribution < -0.4 is 0 Å². The van der Waals surface area contributed by atoms with Crippen molar-refractivity contribution in [1.82, 2.24) is 0 Å². The Hall–Kier alpha value is -0.0800. The highest BCUT2D eigenvalue weighted by Gasteiger charge is 2.21. The molecular formula is C7H15NO+. The molecule has 1 aliphatic heterocycles. The molecule has 1 rings (SSSR count). The molecule has 1 aliphatic rings. The summed E-state index contributed by atoms with van der Waals surface area (Å²) >= 11 is 0. The zero-order valence-electron chi connectivity index (χ0n) is 6.10. The molecule has 2 heteroatoms. The summed E-state index contributed by atoms with van der Waals surface area (Å²) in [5.41, 5.74) is 0. The van der Waals surface area contributed by atoms with Crippen molar-refractivity contribution < 1.29 is 9.22 Å². The van der Waals surface area contributed by atoms with Crippen LogP contribution in [0, 0.1) is 6.92 Å². The van der Waals surface area contributed by atoms with Gasteiger partial charge in [0, 0.05) is 6.92 Å². The van der Waals surface area contributed by atoms with Gasteiger partial charge in [0.15, 0.2) is 0 Å². The molecule has 1 radical (unpaired) electrons. The van der Waals surface area contributed by atoms with E-state index in [1.807, 2.05) is 0 Å². The lowest BCUT2D eigenvalue weighted by molar-refractivity contribution is -0.911. The lowest BCUT2D eigenvalue weighted by Crippen LogP contribution is -2.51. The summed E-state index contributed by atoms with van der Waals surface area (Å²) in [7, 11) is 2.23. The topological polar surface area (TPSA) is 9.23 Å². The number of rotatable bonds is 1. The fourth-order valence-electron chi connectivity index (χ4n) is 1.01. The van der Waals surface area contributed by atoms with E-state index in [0.29, 0.717) is 0 Å². The average Bonchev–Trinajstić information content (AvgIpc) is 1.90. The van der Waals surface area contributed by atoms with Crippen LogP contribution in [-0.2, 0) is 4.74 Å². The summed E-state index contributed by atoms with van der Waals surface area (Å²) < 4.78 is 6.31. The summed E-state index contributed by atoms with van der Waals surface area (Å²) in [5, 5.41) is 0. The monoisotopic (exact) mass is 129 g/mol. The molecule has 0 bridgehead atoms. The highest BCUT2D eigenvalue weighted by Crippen LogP contribution is 2.05. The van der Waals surface area contributed by atoms with E-state index in [1.54, 1.807) is 0 Å². The van der Waals surface area contributed by atoms with Gasteiger partial charge in [-0.15, -0.1) is 0 Å². The molecule has 9 heavy (non-hydrogen) atoms. The zero-order valence-corrected chi connectivity index (χ0v) is 6.10. The number of quaternary nitrogens is 1. The summed E-state index contributed by atoms with van der Waals surface area (Å²) in [6, 6.07) is 0. The molecule has 0 spiro atoms. The number of hydrogen-bond acceptors (Lipinski definition) is 1. The van der Waals surface area contributed by atoms with Crippen molar-refractivity contribution >= 4 is 0 Å². The van der Waals surface area contributed by atoms with Gasteiger partial charge in [-0.25, -0.2) is 0 Å². The van der Waals surface area contributed by atoms with E-state index < -0.39 is 0 Å². The molecule has 0 N–H and O–H groups in total. The molecule has 1 saturated heterocycles. The van der Waals surface area contributed by atoms with Crippen LogP contribution in [0.25, 0.3) is 0 Å². The van der Waals surface area contributed by atoms with Gasteiger partial charge >= 0.3 is 0 Å². The van der Waals surface area contributed by atoms with Crippen LogP contribution in [0.15, 0.2) is 0 Å². The Morgan fingerprint density at radius 3 is 2.33 bits per heavy atom. The van der Waals surface area contributed by atoms with Crippen LogP contribution >= 0.6 is 0 Å². The molecule has 0 aliphatic carbocycles. The van der Waals surface area contributed by atoms with E-state index in [4.69, 9.17) is 4.74 Å². The first-order chi connectivity index (χ1) is 4.27. The molecule has 53 valence electrons. The lowest BCUT2D eigenvalue weighted by Gasteiger charge is -2.36. The molecule has 0 aromatic rings. The number of likely N-dealkylation sites (N-methyl/N-ethyl adjacent to an activating group) is 1. The normalized spacial score (nSPS) is 26.0. The maximum Gasteiger partial charge on any atom is 0.102 e. The smallest absolute Gasteiger partial charge is 0.102 e. The van der Waals surface area contributed by atoms with Gasteiger partial charge in [0.25, 0.3) is 0 Å². The molecule has 0 unspecified atom stereocenters. The Morgan fingerprint density at radius 2 is 2.00 bits per heavy atom. The fraction of sp³-hybridized carbons (Fsp3) is 0.857.